The number of unbranched alkanes of at least 4 members (excludes halogenated alkanes) is 4. The summed E-state index contributed by atoms with van der Waals surface area (Å²) in [6.07, 6.45) is 9.83. The van der Waals surface area contributed by atoms with Crippen molar-refractivity contribution in [1.29, 1.82) is 0 Å². The van der Waals surface area contributed by atoms with Crippen molar-refractivity contribution in [1.82, 2.24) is 10.6 Å². The summed E-state index contributed by atoms with van der Waals surface area (Å²) in [5.74, 6) is 0.557. The second-order valence-electron chi connectivity index (χ2n) is 6.55. The summed E-state index contributed by atoms with van der Waals surface area (Å²) in [6.45, 7) is 4.30. The highest BCUT2D eigenvalue weighted by Crippen LogP contribution is 2.26. The van der Waals surface area contributed by atoms with Gasteiger partial charge in [0.1, 0.15) is 5.78 Å². The zero-order valence-corrected chi connectivity index (χ0v) is 16.0. The number of carbonyl (C=O) groups is 2. The lowest BCUT2D eigenvalue weighted by Crippen LogP contribution is -2.35. The number of carbonyl (C=O) groups excluding carboxylic acids is 2. The summed E-state index contributed by atoms with van der Waals surface area (Å²) < 4.78 is 0. The maximum Gasteiger partial charge on any atom is 0.234 e. The van der Waals surface area contributed by atoms with Crippen molar-refractivity contribution in [3.8, 4) is 0 Å². The first kappa shape index (κ1) is 21.5. The Hall–Kier alpha value is -0.590. The number of thioether (sulfide) groups is 1. The van der Waals surface area contributed by atoms with Crippen LogP contribution in [0.1, 0.15) is 71.1 Å². The summed E-state index contributed by atoms with van der Waals surface area (Å²) in [4.78, 5) is 23.6. The zero-order chi connectivity index (χ0) is 17.6. The van der Waals surface area contributed by atoms with Gasteiger partial charge in [-0.25, -0.2) is 0 Å². The highest BCUT2D eigenvalue weighted by atomic mass is 32.2. The maximum absolute atomic E-state index is 12.1. The molecule has 0 bridgehead atoms. The van der Waals surface area contributed by atoms with E-state index in [0.29, 0.717) is 11.2 Å². The minimum absolute atomic E-state index is 0.0376. The molecule has 0 radical (unpaired) electrons. The Balaban J connectivity index is 2.02. The first-order valence-corrected chi connectivity index (χ1v) is 10.5. The molecule has 0 aromatic rings. The Kier molecular flexibility index (Phi) is 12.2. The molecule has 2 unspecified atom stereocenters. The van der Waals surface area contributed by atoms with Crippen molar-refractivity contribution in [2.45, 2.75) is 81.8 Å². The average molecular weight is 358 g/mol. The Morgan fingerprint density at radius 3 is 2.67 bits per heavy atom. The number of amides is 1. The lowest BCUT2D eigenvalue weighted by molar-refractivity contribution is -0.120. The molecular formula is C18H35N3O2S. The van der Waals surface area contributed by atoms with Gasteiger partial charge >= 0.3 is 0 Å². The molecule has 4 N–H and O–H groups in total. The smallest absolute Gasteiger partial charge is 0.234 e. The predicted molar refractivity (Wildman–Crippen MR) is 102 cm³/mol. The standard InChI is InChI=1S/C18H35N3O2S/c1-2-9-15(22)10-5-3-6-11-17-21-14-16(24-17)18(23)20-13-8-4-7-12-19/h16-17,21H,2-14,19H2,1H3,(H,20,23). The predicted octanol–water partition coefficient (Wildman–Crippen LogP) is 2.58. The topological polar surface area (TPSA) is 84.2 Å². The molecule has 1 heterocycles. The van der Waals surface area contributed by atoms with E-state index in [1.165, 1.54) is 0 Å². The minimum atomic E-state index is 0.0376. The molecule has 1 aliphatic heterocycles. The Morgan fingerprint density at radius 1 is 1.12 bits per heavy atom. The van der Waals surface area contributed by atoms with Gasteiger partial charge in [0, 0.05) is 25.9 Å². The van der Waals surface area contributed by atoms with E-state index in [4.69, 9.17) is 5.73 Å². The van der Waals surface area contributed by atoms with E-state index < -0.39 is 0 Å². The van der Waals surface area contributed by atoms with Crippen LogP contribution in [-0.4, -0.2) is 41.9 Å². The van der Waals surface area contributed by atoms with Crippen molar-refractivity contribution in [3.05, 3.63) is 0 Å². The highest BCUT2D eigenvalue weighted by molar-refractivity contribution is 8.01. The molecule has 1 saturated heterocycles. The third-order valence-corrected chi connectivity index (χ3v) is 5.72. The van der Waals surface area contributed by atoms with Crippen molar-refractivity contribution in [2.24, 2.45) is 5.73 Å². The second kappa shape index (κ2) is 13.7. The van der Waals surface area contributed by atoms with Crippen molar-refractivity contribution in [2.75, 3.05) is 19.6 Å². The fourth-order valence-electron chi connectivity index (χ4n) is 2.86. The van der Waals surface area contributed by atoms with Gasteiger partial charge in [0.25, 0.3) is 0 Å². The van der Waals surface area contributed by atoms with E-state index >= 15 is 0 Å². The van der Waals surface area contributed by atoms with Gasteiger partial charge in [-0.2, -0.15) is 0 Å². The molecule has 0 aromatic carbocycles. The molecule has 0 saturated carbocycles. The minimum Gasteiger partial charge on any atom is -0.355 e. The maximum atomic E-state index is 12.1. The van der Waals surface area contributed by atoms with Crippen LogP contribution in [0.4, 0.5) is 0 Å². The molecule has 24 heavy (non-hydrogen) atoms. The summed E-state index contributed by atoms with van der Waals surface area (Å²) in [5.41, 5.74) is 5.46. The summed E-state index contributed by atoms with van der Waals surface area (Å²) in [7, 11) is 0. The van der Waals surface area contributed by atoms with E-state index in [1.807, 2.05) is 6.92 Å². The molecule has 6 heteroatoms. The van der Waals surface area contributed by atoms with Crippen molar-refractivity contribution in [3.63, 3.8) is 0 Å². The van der Waals surface area contributed by atoms with E-state index in [9.17, 15) is 9.59 Å². The normalized spacial score (nSPS) is 20.2. The number of nitrogens with two attached hydrogens (primary N) is 1. The van der Waals surface area contributed by atoms with Gasteiger partial charge in [-0.3, -0.25) is 9.59 Å². The van der Waals surface area contributed by atoms with E-state index in [-0.39, 0.29) is 11.2 Å². The van der Waals surface area contributed by atoms with Gasteiger partial charge in [-0.15, -0.1) is 11.8 Å². The Labute approximate surface area is 151 Å². The van der Waals surface area contributed by atoms with Crippen molar-refractivity contribution >= 4 is 23.5 Å². The lowest BCUT2D eigenvalue weighted by atomic mass is 10.1. The third-order valence-electron chi connectivity index (χ3n) is 4.28. The lowest BCUT2D eigenvalue weighted by Gasteiger charge is -2.11. The first-order chi connectivity index (χ1) is 11.7. The van der Waals surface area contributed by atoms with Gasteiger partial charge < -0.3 is 16.4 Å². The summed E-state index contributed by atoms with van der Waals surface area (Å²) in [6, 6.07) is 0. The van der Waals surface area contributed by atoms with Gasteiger partial charge in [-0.05, 0) is 38.6 Å². The highest BCUT2D eigenvalue weighted by Gasteiger charge is 2.29. The molecule has 1 amide bonds. The quantitative estimate of drug-likeness (QED) is 0.416. The van der Waals surface area contributed by atoms with Crippen LogP contribution in [0.3, 0.4) is 0 Å². The molecule has 1 fully saturated rings. The van der Waals surface area contributed by atoms with E-state index in [1.54, 1.807) is 11.8 Å². The van der Waals surface area contributed by atoms with Crippen LogP contribution < -0.4 is 16.4 Å². The van der Waals surface area contributed by atoms with Crippen LogP contribution in [0.15, 0.2) is 0 Å². The van der Waals surface area contributed by atoms with Crippen LogP contribution >= 0.6 is 11.8 Å². The molecule has 0 aromatic heterocycles. The molecule has 0 spiro atoms. The first-order valence-electron chi connectivity index (χ1n) is 9.55. The molecule has 2 atom stereocenters. The SMILES string of the molecule is CCCC(=O)CCCCCC1NCC(C(=O)NCCCCCN)S1. The monoisotopic (exact) mass is 357 g/mol. The molecule has 0 aliphatic carbocycles. The van der Waals surface area contributed by atoms with Crippen LogP contribution in [0.5, 0.6) is 0 Å². The number of hydrogen-bond donors (Lipinski definition) is 3. The van der Waals surface area contributed by atoms with Crippen LogP contribution in [0, 0.1) is 0 Å². The van der Waals surface area contributed by atoms with Gasteiger partial charge in [0.15, 0.2) is 0 Å². The van der Waals surface area contributed by atoms with Crippen LogP contribution in [0.25, 0.3) is 0 Å². The fourth-order valence-corrected chi connectivity index (χ4v) is 4.15. The molecule has 5 nitrogen and oxygen atoms in total. The second-order valence-corrected chi connectivity index (χ2v) is 7.96. The average Bonchev–Trinajstić information content (AvgIpc) is 3.03. The Bertz CT molecular complexity index is 366. The Morgan fingerprint density at radius 2 is 1.92 bits per heavy atom. The number of hydrogen-bond acceptors (Lipinski definition) is 5. The van der Waals surface area contributed by atoms with Crippen LogP contribution in [0.2, 0.25) is 0 Å². The van der Waals surface area contributed by atoms with Gasteiger partial charge in [0.2, 0.25) is 5.91 Å². The zero-order valence-electron chi connectivity index (χ0n) is 15.1. The third kappa shape index (κ3) is 9.64. The van der Waals surface area contributed by atoms with Crippen molar-refractivity contribution < 1.29 is 9.59 Å². The summed E-state index contributed by atoms with van der Waals surface area (Å²) >= 11 is 1.75. The van der Waals surface area contributed by atoms with Crippen LogP contribution in [-0.2, 0) is 9.59 Å². The fraction of sp³-hybridized carbons (Fsp3) is 0.889. The number of rotatable bonds is 14. The number of nitrogens with one attached hydrogen (secondary N) is 2. The largest absolute Gasteiger partial charge is 0.355 e. The number of Topliss-reactive ketones (excluding diaryl/α,β-unsaturated/α-hetero) is 1. The molecule has 1 aliphatic rings. The van der Waals surface area contributed by atoms with Gasteiger partial charge in [-0.1, -0.05) is 26.2 Å². The molecular weight excluding hydrogens is 322 g/mol. The summed E-state index contributed by atoms with van der Waals surface area (Å²) in [5, 5.41) is 6.88. The molecule has 140 valence electrons. The van der Waals surface area contributed by atoms with Gasteiger partial charge in [0.05, 0.1) is 10.6 Å². The van der Waals surface area contributed by atoms with E-state index in [2.05, 4.69) is 10.6 Å². The van der Waals surface area contributed by atoms with E-state index in [0.717, 1.165) is 83.8 Å². The molecule has 1 rings (SSSR count). The number of ketones is 1.